The van der Waals surface area contributed by atoms with Gasteiger partial charge < -0.3 is 19.2 Å². The minimum atomic E-state index is -0.506. The van der Waals surface area contributed by atoms with E-state index in [0.29, 0.717) is 38.5 Å². The van der Waals surface area contributed by atoms with Gasteiger partial charge in [-0.2, -0.15) is 0 Å². The Labute approximate surface area is 169 Å². The molecule has 0 unspecified atom stereocenters. The molecule has 8 heteroatoms. The number of esters is 1. The Balaban J connectivity index is 1.85. The van der Waals surface area contributed by atoms with Crippen molar-refractivity contribution in [3.05, 3.63) is 40.0 Å². The number of nitrogens with zero attached hydrogens (tertiary/aromatic N) is 2. The molecule has 2 aliphatic rings. The number of amides is 1. The Morgan fingerprint density at radius 2 is 2.10 bits per heavy atom. The van der Waals surface area contributed by atoms with Crippen molar-refractivity contribution in [2.75, 3.05) is 33.3 Å². The SMILES string of the molecule is COC(=O)C[C@H](c1oc(CN2CCN(C=O)CC2)cc(=O)c1O)[C@@H]1CC=CCC1. The zero-order valence-corrected chi connectivity index (χ0v) is 16.7. The highest BCUT2D eigenvalue weighted by Gasteiger charge is 2.32. The first kappa shape index (κ1) is 21.1. The second-order valence-electron chi connectivity index (χ2n) is 7.64. The maximum Gasteiger partial charge on any atom is 0.306 e. The fourth-order valence-corrected chi connectivity index (χ4v) is 4.05. The summed E-state index contributed by atoms with van der Waals surface area (Å²) in [4.78, 5) is 39.1. The third kappa shape index (κ3) is 5.26. The number of piperazine rings is 1. The number of carbonyl (C=O) groups excluding carboxylic acids is 2. The average Bonchev–Trinajstić information content (AvgIpc) is 2.75. The summed E-state index contributed by atoms with van der Waals surface area (Å²) in [7, 11) is 1.32. The van der Waals surface area contributed by atoms with Crippen LogP contribution in [0.4, 0.5) is 0 Å². The lowest BCUT2D eigenvalue weighted by atomic mass is 9.79. The largest absolute Gasteiger partial charge is 0.502 e. The van der Waals surface area contributed by atoms with E-state index in [4.69, 9.17) is 9.15 Å². The normalized spacial score (nSPS) is 21.0. The molecule has 1 N–H and O–H groups in total. The zero-order chi connectivity index (χ0) is 20.8. The highest BCUT2D eigenvalue weighted by atomic mass is 16.5. The van der Waals surface area contributed by atoms with Crippen LogP contribution in [0.2, 0.25) is 0 Å². The van der Waals surface area contributed by atoms with Gasteiger partial charge in [0.05, 0.1) is 20.1 Å². The molecular weight excluding hydrogens is 376 g/mol. The molecule has 1 fully saturated rings. The van der Waals surface area contributed by atoms with E-state index in [1.165, 1.54) is 13.2 Å². The maximum absolute atomic E-state index is 12.4. The van der Waals surface area contributed by atoms with Gasteiger partial charge in [0.2, 0.25) is 17.6 Å². The van der Waals surface area contributed by atoms with Crippen molar-refractivity contribution in [2.45, 2.75) is 38.1 Å². The van der Waals surface area contributed by atoms with Gasteiger partial charge in [-0.15, -0.1) is 0 Å². The molecule has 8 nitrogen and oxygen atoms in total. The predicted octanol–water partition coefficient (Wildman–Crippen LogP) is 1.62. The van der Waals surface area contributed by atoms with Crippen molar-refractivity contribution >= 4 is 12.4 Å². The fraction of sp³-hybridized carbons (Fsp3) is 0.571. The number of methoxy groups -OCH3 is 1. The lowest BCUT2D eigenvalue weighted by Crippen LogP contribution is -2.45. The minimum Gasteiger partial charge on any atom is -0.502 e. The summed E-state index contributed by atoms with van der Waals surface area (Å²) in [6.45, 7) is 3.01. The third-order valence-corrected chi connectivity index (χ3v) is 5.76. The van der Waals surface area contributed by atoms with Crippen molar-refractivity contribution in [2.24, 2.45) is 5.92 Å². The van der Waals surface area contributed by atoms with Gasteiger partial charge >= 0.3 is 5.97 Å². The maximum atomic E-state index is 12.4. The molecule has 0 saturated carbocycles. The van der Waals surface area contributed by atoms with Gasteiger partial charge in [0.25, 0.3) is 0 Å². The molecule has 2 atom stereocenters. The number of ether oxygens (including phenoxy) is 1. The van der Waals surface area contributed by atoms with E-state index in [2.05, 4.69) is 17.1 Å². The molecule has 3 rings (SSSR count). The van der Waals surface area contributed by atoms with Gasteiger partial charge in [0.15, 0.2) is 5.76 Å². The molecule has 1 amide bonds. The second kappa shape index (κ2) is 9.73. The van der Waals surface area contributed by atoms with E-state index in [1.54, 1.807) is 4.90 Å². The Kier molecular flexibility index (Phi) is 7.09. The van der Waals surface area contributed by atoms with Crippen molar-refractivity contribution in [3.63, 3.8) is 0 Å². The first-order valence-electron chi connectivity index (χ1n) is 10.0. The van der Waals surface area contributed by atoms with Crippen LogP contribution in [-0.2, 0) is 20.9 Å². The molecular formula is C21H28N2O6. The Hall–Kier alpha value is -2.61. The van der Waals surface area contributed by atoms with E-state index >= 15 is 0 Å². The van der Waals surface area contributed by atoms with E-state index < -0.39 is 23.1 Å². The van der Waals surface area contributed by atoms with Crippen LogP contribution in [-0.4, -0.2) is 60.6 Å². The lowest BCUT2D eigenvalue weighted by Gasteiger charge is -2.32. The molecule has 0 bridgehead atoms. The zero-order valence-electron chi connectivity index (χ0n) is 16.7. The third-order valence-electron chi connectivity index (χ3n) is 5.76. The van der Waals surface area contributed by atoms with Crippen LogP contribution in [0.3, 0.4) is 0 Å². The van der Waals surface area contributed by atoms with Gasteiger partial charge in [0, 0.05) is 38.2 Å². The number of hydrogen-bond acceptors (Lipinski definition) is 7. The summed E-state index contributed by atoms with van der Waals surface area (Å²) in [6, 6.07) is 1.31. The Morgan fingerprint density at radius 1 is 1.34 bits per heavy atom. The van der Waals surface area contributed by atoms with Gasteiger partial charge in [-0.25, -0.2) is 0 Å². The molecule has 29 heavy (non-hydrogen) atoms. The first-order chi connectivity index (χ1) is 14.0. The topological polar surface area (TPSA) is 100 Å². The summed E-state index contributed by atoms with van der Waals surface area (Å²) in [5, 5.41) is 10.4. The summed E-state index contributed by atoms with van der Waals surface area (Å²) in [5.41, 5.74) is -0.506. The minimum absolute atomic E-state index is 0.0486. The molecule has 2 heterocycles. The molecule has 1 aromatic rings. The number of hydrogen-bond donors (Lipinski definition) is 1. The number of allylic oxidation sites excluding steroid dienone is 2. The number of rotatable bonds is 7. The van der Waals surface area contributed by atoms with E-state index in [0.717, 1.165) is 25.7 Å². The van der Waals surface area contributed by atoms with E-state index in [9.17, 15) is 19.5 Å². The molecule has 1 aliphatic carbocycles. The smallest absolute Gasteiger partial charge is 0.306 e. The van der Waals surface area contributed by atoms with Crippen molar-refractivity contribution in [3.8, 4) is 5.75 Å². The number of aromatic hydroxyl groups is 1. The van der Waals surface area contributed by atoms with E-state index in [-0.39, 0.29) is 18.1 Å². The van der Waals surface area contributed by atoms with Gasteiger partial charge in [0.1, 0.15) is 5.76 Å². The molecule has 1 aliphatic heterocycles. The summed E-state index contributed by atoms with van der Waals surface area (Å²) < 4.78 is 10.8. The highest BCUT2D eigenvalue weighted by Crippen LogP contribution is 2.39. The summed E-state index contributed by atoms with van der Waals surface area (Å²) >= 11 is 0. The molecule has 1 aromatic heterocycles. The van der Waals surface area contributed by atoms with Crippen LogP contribution in [0, 0.1) is 5.92 Å². The second-order valence-corrected chi connectivity index (χ2v) is 7.64. The molecule has 0 radical (unpaired) electrons. The predicted molar refractivity (Wildman–Crippen MR) is 105 cm³/mol. The van der Waals surface area contributed by atoms with Crippen molar-refractivity contribution < 1.29 is 23.8 Å². The van der Waals surface area contributed by atoms with Crippen LogP contribution >= 0.6 is 0 Å². The summed E-state index contributed by atoms with van der Waals surface area (Å²) in [5.74, 6) is -0.551. The van der Waals surface area contributed by atoms with E-state index in [1.807, 2.05) is 0 Å². The van der Waals surface area contributed by atoms with Crippen molar-refractivity contribution in [1.82, 2.24) is 9.80 Å². The fourth-order valence-electron chi connectivity index (χ4n) is 4.05. The van der Waals surface area contributed by atoms with Crippen LogP contribution in [0.1, 0.15) is 43.1 Å². The van der Waals surface area contributed by atoms with Crippen LogP contribution < -0.4 is 5.43 Å². The quantitative estimate of drug-likeness (QED) is 0.419. The lowest BCUT2D eigenvalue weighted by molar-refractivity contribution is -0.141. The monoisotopic (exact) mass is 404 g/mol. The van der Waals surface area contributed by atoms with Crippen LogP contribution in [0.25, 0.3) is 0 Å². The van der Waals surface area contributed by atoms with Crippen LogP contribution in [0.15, 0.2) is 27.4 Å². The summed E-state index contributed by atoms with van der Waals surface area (Å²) in [6.07, 6.45) is 7.52. The molecule has 0 spiro atoms. The Bertz CT molecular complexity index is 810. The van der Waals surface area contributed by atoms with Crippen molar-refractivity contribution in [1.29, 1.82) is 0 Å². The average molecular weight is 404 g/mol. The highest BCUT2D eigenvalue weighted by molar-refractivity contribution is 5.70. The van der Waals surface area contributed by atoms with Gasteiger partial charge in [-0.1, -0.05) is 12.2 Å². The molecule has 0 aromatic carbocycles. The molecule has 158 valence electrons. The van der Waals surface area contributed by atoms with Gasteiger partial charge in [-0.05, 0) is 25.2 Å². The molecule has 1 saturated heterocycles. The number of carbonyl (C=O) groups is 2. The standard InChI is InChI=1S/C21H28N2O6/c1-28-19(26)12-17(15-5-3-2-4-6-15)21-20(27)18(25)11-16(29-21)13-22-7-9-23(14-24)10-8-22/h2-3,11,14-15,17,27H,4-10,12-13H2,1H3/t15-,17+/m1/s1. The Morgan fingerprint density at radius 3 is 2.72 bits per heavy atom. The van der Waals surface area contributed by atoms with Crippen LogP contribution in [0.5, 0.6) is 5.75 Å². The first-order valence-corrected chi connectivity index (χ1v) is 10.0. The van der Waals surface area contributed by atoms with Gasteiger partial charge in [-0.3, -0.25) is 19.3 Å².